The van der Waals surface area contributed by atoms with Gasteiger partial charge in [-0.15, -0.1) is 0 Å². The summed E-state index contributed by atoms with van der Waals surface area (Å²) in [6, 6.07) is 0. The molecule has 1 heterocycles. The molecule has 16 heteroatoms. The normalized spacial score (nSPS) is 13.1. The van der Waals surface area contributed by atoms with Gasteiger partial charge in [-0.2, -0.15) is 0 Å². The highest BCUT2D eigenvalue weighted by molar-refractivity contribution is 14.1. The molecule has 0 aromatic carbocycles. The van der Waals surface area contributed by atoms with Crippen LogP contribution >= 0.6 is 22.6 Å². The first kappa shape index (κ1) is 43.2. The monoisotopic (exact) mass is 779 g/mol. The number of amides is 2. The van der Waals surface area contributed by atoms with Crippen LogP contribution in [0.3, 0.4) is 0 Å². The maximum Gasteiger partial charge on any atom is 0.253 e. The van der Waals surface area contributed by atoms with Crippen LogP contribution in [0.15, 0.2) is 12.2 Å². The zero-order valence-corrected chi connectivity index (χ0v) is 29.2. The van der Waals surface area contributed by atoms with Gasteiger partial charge in [0.15, 0.2) is 0 Å². The van der Waals surface area contributed by atoms with E-state index in [4.69, 9.17) is 56.8 Å². The van der Waals surface area contributed by atoms with E-state index in [1.54, 1.807) is 0 Å². The fourth-order valence-electron chi connectivity index (χ4n) is 3.38. The highest BCUT2D eigenvalue weighted by atomic mass is 127. The van der Waals surface area contributed by atoms with Gasteiger partial charge in [-0.25, -0.2) is 0 Å². The number of nitrogens with zero attached hydrogens (tertiary/aromatic N) is 1. The Morgan fingerprint density at radius 1 is 0.348 bits per heavy atom. The topological polar surface area (TPSA) is 148 Å². The molecule has 0 bridgehead atoms. The van der Waals surface area contributed by atoms with E-state index in [0.29, 0.717) is 145 Å². The molecule has 0 atom stereocenters. The number of halogens is 1. The molecule has 0 fully saturated rings. The van der Waals surface area contributed by atoms with Crippen molar-refractivity contribution in [3.05, 3.63) is 12.2 Å². The molecule has 1 aliphatic heterocycles. The molecule has 0 aliphatic carbocycles. The van der Waals surface area contributed by atoms with Gasteiger partial charge in [-0.1, -0.05) is 22.6 Å². The summed E-state index contributed by atoms with van der Waals surface area (Å²) in [6.07, 6.45) is 2.51. The number of carbonyl (C=O) groups excluding carboxylic acids is 2. The van der Waals surface area contributed by atoms with Gasteiger partial charge in [-0.05, 0) is 0 Å². The highest BCUT2D eigenvalue weighted by Crippen LogP contribution is 2.02. The second kappa shape index (κ2) is 35.4. The molecule has 270 valence electrons. The van der Waals surface area contributed by atoms with Crippen molar-refractivity contribution in [3.8, 4) is 0 Å². The Kier molecular flexibility index (Phi) is 33.2. The Balaban J connectivity index is 1.62. The number of imide groups is 1. The average Bonchev–Trinajstić information content (AvgIpc) is 3.38. The number of hydrogen-bond donors (Lipinski definition) is 0. The Morgan fingerprint density at radius 2 is 0.543 bits per heavy atom. The van der Waals surface area contributed by atoms with Crippen LogP contribution in [0.5, 0.6) is 0 Å². The van der Waals surface area contributed by atoms with E-state index >= 15 is 0 Å². The van der Waals surface area contributed by atoms with Gasteiger partial charge in [0.05, 0.1) is 165 Å². The first-order valence-electron chi connectivity index (χ1n) is 15.8. The molecule has 0 unspecified atom stereocenters. The molecule has 0 saturated carbocycles. The van der Waals surface area contributed by atoms with Crippen LogP contribution in [0, 0.1) is 0 Å². The minimum absolute atomic E-state index is 0.240. The van der Waals surface area contributed by atoms with Gasteiger partial charge >= 0.3 is 0 Å². The van der Waals surface area contributed by atoms with E-state index in [1.807, 2.05) is 0 Å². The third-order valence-electron chi connectivity index (χ3n) is 5.67. The molecule has 0 aromatic heterocycles. The minimum atomic E-state index is -0.306. The number of carbonyl (C=O) groups is 2. The SMILES string of the molecule is O=C1C=CC(=O)N1CCOCCOCCOCCOCCOCCOCCOCCOCCOCCOCCOCCOCCI. The Hall–Kier alpha value is -0.870. The predicted molar refractivity (Wildman–Crippen MR) is 175 cm³/mol. The van der Waals surface area contributed by atoms with E-state index in [0.717, 1.165) is 15.9 Å². The molecule has 1 aliphatic rings. The molecule has 15 nitrogen and oxygen atoms in total. The van der Waals surface area contributed by atoms with E-state index in [2.05, 4.69) is 22.6 Å². The molecule has 46 heavy (non-hydrogen) atoms. The van der Waals surface area contributed by atoms with Crippen molar-refractivity contribution in [2.45, 2.75) is 0 Å². The van der Waals surface area contributed by atoms with Crippen molar-refractivity contribution in [2.75, 3.05) is 170 Å². The van der Waals surface area contributed by atoms with Crippen LogP contribution in [-0.2, 0) is 66.4 Å². The summed E-state index contributed by atoms with van der Waals surface area (Å²) in [5.74, 6) is -0.613. The standard InChI is InChI=1S/C30H54INO14/c31-3-5-35-7-9-37-11-13-39-15-17-41-19-21-43-23-25-45-27-28-46-26-24-44-22-20-42-18-16-40-14-12-38-10-8-36-6-4-32-29(33)1-2-30(32)34/h1-2H,3-28H2. The van der Waals surface area contributed by atoms with Crippen LogP contribution < -0.4 is 0 Å². The Morgan fingerprint density at radius 3 is 0.761 bits per heavy atom. The molecule has 0 radical (unpaired) electrons. The average molecular weight is 780 g/mol. The zero-order chi connectivity index (χ0) is 33.0. The number of hydrogen-bond acceptors (Lipinski definition) is 14. The van der Waals surface area contributed by atoms with Gasteiger partial charge in [0.1, 0.15) is 0 Å². The third-order valence-corrected chi connectivity index (χ3v) is 6.11. The summed E-state index contributed by atoms with van der Waals surface area (Å²) in [6.45, 7) is 12.2. The molecule has 0 spiro atoms. The van der Waals surface area contributed by atoms with Crippen molar-refractivity contribution in [1.29, 1.82) is 0 Å². The summed E-state index contributed by atoms with van der Waals surface area (Å²) in [5, 5.41) is 0. The zero-order valence-electron chi connectivity index (χ0n) is 27.1. The third kappa shape index (κ3) is 29.3. The van der Waals surface area contributed by atoms with Crippen LogP contribution in [0.2, 0.25) is 0 Å². The first-order chi connectivity index (χ1) is 22.8. The van der Waals surface area contributed by atoms with E-state index < -0.39 is 0 Å². The number of alkyl halides is 1. The lowest BCUT2D eigenvalue weighted by Crippen LogP contribution is -2.33. The lowest BCUT2D eigenvalue weighted by atomic mass is 10.5. The molecule has 1 rings (SSSR count). The molecular formula is C30H54INO14. The van der Waals surface area contributed by atoms with Crippen LogP contribution in [-0.4, -0.2) is 186 Å². The van der Waals surface area contributed by atoms with Crippen LogP contribution in [0.4, 0.5) is 0 Å². The van der Waals surface area contributed by atoms with Gasteiger partial charge in [0, 0.05) is 16.6 Å². The molecule has 0 aromatic rings. The summed E-state index contributed by atoms with van der Waals surface area (Å²) in [7, 11) is 0. The number of ether oxygens (including phenoxy) is 12. The van der Waals surface area contributed by atoms with Gasteiger partial charge < -0.3 is 56.8 Å². The summed E-state index contributed by atoms with van der Waals surface area (Å²) >= 11 is 2.27. The van der Waals surface area contributed by atoms with Crippen molar-refractivity contribution in [3.63, 3.8) is 0 Å². The van der Waals surface area contributed by atoms with Crippen molar-refractivity contribution >= 4 is 34.4 Å². The molecule has 2 amide bonds. The number of rotatable bonds is 38. The van der Waals surface area contributed by atoms with E-state index in [-0.39, 0.29) is 25.0 Å². The van der Waals surface area contributed by atoms with Gasteiger partial charge in [0.25, 0.3) is 11.8 Å². The second-order valence-corrected chi connectivity index (χ2v) is 10.3. The fraction of sp³-hybridized carbons (Fsp3) is 0.867. The second-order valence-electron chi connectivity index (χ2n) is 9.20. The summed E-state index contributed by atoms with van der Waals surface area (Å²) < 4.78 is 66.1. The predicted octanol–water partition coefficient (Wildman–Crippen LogP) is 0.546. The quantitative estimate of drug-likeness (QED) is 0.0372. The lowest BCUT2D eigenvalue weighted by molar-refractivity contribution is -0.137. The Labute approximate surface area is 286 Å². The highest BCUT2D eigenvalue weighted by Gasteiger charge is 2.22. The lowest BCUT2D eigenvalue weighted by Gasteiger charge is -2.13. The van der Waals surface area contributed by atoms with E-state index in [9.17, 15) is 9.59 Å². The van der Waals surface area contributed by atoms with E-state index in [1.165, 1.54) is 12.2 Å². The minimum Gasteiger partial charge on any atom is -0.378 e. The van der Waals surface area contributed by atoms with Gasteiger partial charge in [0.2, 0.25) is 0 Å². The van der Waals surface area contributed by atoms with Crippen LogP contribution in [0.25, 0.3) is 0 Å². The van der Waals surface area contributed by atoms with Crippen molar-refractivity contribution in [1.82, 2.24) is 4.90 Å². The maximum atomic E-state index is 11.4. The molecule has 0 saturated heterocycles. The maximum absolute atomic E-state index is 11.4. The van der Waals surface area contributed by atoms with Crippen LogP contribution in [0.1, 0.15) is 0 Å². The summed E-state index contributed by atoms with van der Waals surface area (Å²) in [4.78, 5) is 23.9. The molecular weight excluding hydrogens is 725 g/mol. The smallest absolute Gasteiger partial charge is 0.253 e. The Bertz CT molecular complexity index is 703. The summed E-state index contributed by atoms with van der Waals surface area (Å²) in [5.41, 5.74) is 0. The fourth-order valence-corrected chi connectivity index (χ4v) is 3.69. The van der Waals surface area contributed by atoms with Gasteiger partial charge in [-0.3, -0.25) is 14.5 Å². The largest absolute Gasteiger partial charge is 0.378 e. The van der Waals surface area contributed by atoms with Crippen molar-refractivity contribution < 1.29 is 66.4 Å². The first-order valence-corrected chi connectivity index (χ1v) is 17.3. The van der Waals surface area contributed by atoms with Crippen molar-refractivity contribution in [2.24, 2.45) is 0 Å². The molecule has 0 N–H and O–H groups in total.